The summed E-state index contributed by atoms with van der Waals surface area (Å²) in [6.07, 6.45) is 0.507. The van der Waals surface area contributed by atoms with E-state index in [2.05, 4.69) is 0 Å². The topological polar surface area (TPSA) is 37.4 Å². The van der Waals surface area contributed by atoms with Crippen molar-refractivity contribution in [2.45, 2.75) is 18.6 Å². The third kappa shape index (κ3) is 2.91. The van der Waals surface area contributed by atoms with Crippen LogP contribution in [0.25, 0.3) is 0 Å². The summed E-state index contributed by atoms with van der Waals surface area (Å²) in [6.45, 7) is 3.19. The van der Waals surface area contributed by atoms with Gasteiger partial charge in [-0.15, -0.1) is 0 Å². The lowest BCUT2D eigenvalue weighted by atomic mass is 10.3. The maximum atomic E-state index is 11.9. The summed E-state index contributed by atoms with van der Waals surface area (Å²) in [6, 6.07) is 0. The summed E-state index contributed by atoms with van der Waals surface area (Å²) >= 11 is 0. The van der Waals surface area contributed by atoms with Crippen molar-refractivity contribution in [2.24, 2.45) is 0 Å². The molecule has 0 aromatic heterocycles. The molecule has 0 amide bonds. The molecule has 0 N–H and O–H groups in total. The summed E-state index contributed by atoms with van der Waals surface area (Å²) in [4.78, 5) is 2.02. The molecule has 13 heavy (non-hydrogen) atoms. The number of nitrogens with zero attached hydrogens (tertiary/aromatic N) is 1. The minimum Gasteiger partial charge on any atom is -0.301 e. The monoisotopic (exact) mass is 209 g/mol. The molecule has 0 saturated carbocycles. The van der Waals surface area contributed by atoms with Crippen LogP contribution in [0.2, 0.25) is 0 Å². The highest BCUT2D eigenvalue weighted by Crippen LogP contribution is 2.11. The smallest absolute Gasteiger partial charge is 0.155 e. The van der Waals surface area contributed by atoms with E-state index >= 15 is 0 Å². The van der Waals surface area contributed by atoms with Crippen molar-refractivity contribution in [3.05, 3.63) is 0 Å². The molecule has 1 unspecified atom stereocenters. The first-order valence-corrected chi connectivity index (χ1v) is 6.27. The number of halogens is 1. The van der Waals surface area contributed by atoms with Gasteiger partial charge in [-0.1, -0.05) is 0 Å². The summed E-state index contributed by atoms with van der Waals surface area (Å²) in [5, 5.41) is -0.291. The highest BCUT2D eigenvalue weighted by Gasteiger charge is 2.28. The first kappa shape index (κ1) is 10.9. The molecule has 0 bridgehead atoms. The van der Waals surface area contributed by atoms with E-state index in [4.69, 9.17) is 0 Å². The third-order valence-corrected chi connectivity index (χ3v) is 4.56. The van der Waals surface area contributed by atoms with Gasteiger partial charge in [-0.25, -0.2) is 8.42 Å². The molecule has 1 fully saturated rings. The predicted molar refractivity (Wildman–Crippen MR) is 50.3 cm³/mol. The number of alkyl halides is 1. The zero-order valence-corrected chi connectivity index (χ0v) is 8.69. The van der Waals surface area contributed by atoms with Crippen LogP contribution in [0.4, 0.5) is 4.39 Å². The molecule has 1 heterocycles. The largest absolute Gasteiger partial charge is 0.301 e. The van der Waals surface area contributed by atoms with Crippen LogP contribution in [0.15, 0.2) is 0 Å². The number of hydrogen-bond acceptors (Lipinski definition) is 3. The van der Waals surface area contributed by atoms with Crippen LogP contribution in [0.3, 0.4) is 0 Å². The molecule has 5 heteroatoms. The molecule has 1 atom stereocenters. The fourth-order valence-electron chi connectivity index (χ4n) is 1.51. The highest BCUT2D eigenvalue weighted by atomic mass is 32.2. The van der Waals surface area contributed by atoms with Crippen LogP contribution >= 0.6 is 0 Å². The average Bonchev–Trinajstić information content (AvgIpc) is 2.07. The Hall–Kier alpha value is -0.160. The maximum Gasteiger partial charge on any atom is 0.155 e. The van der Waals surface area contributed by atoms with Crippen molar-refractivity contribution < 1.29 is 12.8 Å². The van der Waals surface area contributed by atoms with E-state index in [1.165, 1.54) is 0 Å². The predicted octanol–water partition coefficient (Wildman–Crippen LogP) is 0.465. The lowest BCUT2D eigenvalue weighted by Gasteiger charge is -2.30. The standard InChI is InChI=1S/C8H16FNO2S/c1-8-7-10(4-2-3-9)5-6-13(8,11)12/h8H,2-7H2,1H3. The van der Waals surface area contributed by atoms with Crippen molar-refractivity contribution in [2.75, 3.05) is 32.1 Å². The van der Waals surface area contributed by atoms with E-state index < -0.39 is 9.84 Å². The van der Waals surface area contributed by atoms with Crippen molar-refractivity contribution in [1.82, 2.24) is 4.90 Å². The zero-order chi connectivity index (χ0) is 9.90. The second kappa shape index (κ2) is 4.37. The van der Waals surface area contributed by atoms with Gasteiger partial charge in [-0.2, -0.15) is 0 Å². The molecular formula is C8H16FNO2S. The SMILES string of the molecule is CC1CN(CCCF)CCS1(=O)=O. The van der Waals surface area contributed by atoms with Crippen LogP contribution in [-0.2, 0) is 9.84 Å². The average molecular weight is 209 g/mol. The molecule has 1 aliphatic rings. The van der Waals surface area contributed by atoms with Gasteiger partial charge in [0.25, 0.3) is 0 Å². The molecule has 0 aromatic rings. The number of hydrogen-bond donors (Lipinski definition) is 0. The van der Waals surface area contributed by atoms with E-state index in [1.807, 2.05) is 4.90 Å². The quantitative estimate of drug-likeness (QED) is 0.678. The molecule has 1 aliphatic heterocycles. The Morgan fingerprint density at radius 2 is 2.23 bits per heavy atom. The van der Waals surface area contributed by atoms with Crippen molar-refractivity contribution in [1.29, 1.82) is 0 Å². The van der Waals surface area contributed by atoms with Gasteiger partial charge in [0.2, 0.25) is 0 Å². The fraction of sp³-hybridized carbons (Fsp3) is 1.00. The Morgan fingerprint density at radius 1 is 1.54 bits per heavy atom. The van der Waals surface area contributed by atoms with Crippen molar-refractivity contribution in [3.63, 3.8) is 0 Å². The van der Waals surface area contributed by atoms with Gasteiger partial charge < -0.3 is 4.90 Å². The van der Waals surface area contributed by atoms with Gasteiger partial charge in [0.15, 0.2) is 9.84 Å². The second-order valence-corrected chi connectivity index (χ2v) is 6.06. The van der Waals surface area contributed by atoms with Gasteiger partial charge >= 0.3 is 0 Å². The first-order valence-electron chi connectivity index (χ1n) is 4.56. The molecule has 0 spiro atoms. The molecular weight excluding hydrogens is 193 g/mol. The van der Waals surface area contributed by atoms with E-state index in [0.29, 0.717) is 26.1 Å². The first-order chi connectivity index (χ1) is 6.06. The lowest BCUT2D eigenvalue weighted by Crippen LogP contribution is -2.45. The molecule has 0 aliphatic carbocycles. The third-order valence-electron chi connectivity index (χ3n) is 2.43. The molecule has 78 valence electrons. The fourth-order valence-corrected chi connectivity index (χ4v) is 2.87. The molecule has 0 radical (unpaired) electrons. The Balaban J connectivity index is 2.42. The summed E-state index contributed by atoms with van der Waals surface area (Å²) in [7, 11) is -2.85. The van der Waals surface area contributed by atoms with Gasteiger partial charge in [0.05, 0.1) is 17.7 Å². The number of rotatable bonds is 3. The highest BCUT2D eigenvalue weighted by molar-refractivity contribution is 7.92. The van der Waals surface area contributed by atoms with Gasteiger partial charge in [0, 0.05) is 19.6 Å². The van der Waals surface area contributed by atoms with Crippen molar-refractivity contribution >= 4 is 9.84 Å². The van der Waals surface area contributed by atoms with E-state index in [0.717, 1.165) is 0 Å². The molecule has 1 rings (SSSR count). The van der Waals surface area contributed by atoms with Crippen molar-refractivity contribution in [3.8, 4) is 0 Å². The maximum absolute atomic E-state index is 11.9. The normalized spacial score (nSPS) is 28.9. The van der Waals surface area contributed by atoms with Crippen LogP contribution < -0.4 is 0 Å². The van der Waals surface area contributed by atoms with Gasteiger partial charge in [0.1, 0.15) is 0 Å². The Labute approximate surface area is 78.8 Å². The molecule has 3 nitrogen and oxygen atoms in total. The van der Waals surface area contributed by atoms with Crippen LogP contribution in [0.1, 0.15) is 13.3 Å². The second-order valence-electron chi connectivity index (χ2n) is 3.52. The Kier molecular flexibility index (Phi) is 3.67. The molecule has 1 saturated heterocycles. The minimum atomic E-state index is -2.85. The van der Waals surface area contributed by atoms with E-state index in [-0.39, 0.29) is 17.7 Å². The molecule has 0 aromatic carbocycles. The Morgan fingerprint density at radius 3 is 2.77 bits per heavy atom. The van der Waals surface area contributed by atoms with Gasteiger partial charge in [-0.05, 0) is 13.3 Å². The Bertz CT molecular complexity index is 253. The number of sulfone groups is 1. The lowest BCUT2D eigenvalue weighted by molar-refractivity contribution is 0.263. The van der Waals surface area contributed by atoms with E-state index in [1.54, 1.807) is 6.92 Å². The summed E-state index contributed by atoms with van der Waals surface area (Å²) < 4.78 is 34.5. The summed E-state index contributed by atoms with van der Waals surface area (Å²) in [5.41, 5.74) is 0. The van der Waals surface area contributed by atoms with E-state index in [9.17, 15) is 12.8 Å². The minimum absolute atomic E-state index is 0.223. The van der Waals surface area contributed by atoms with Crippen LogP contribution in [-0.4, -0.2) is 50.6 Å². The summed E-state index contributed by atoms with van der Waals surface area (Å²) in [5.74, 6) is 0.223. The van der Waals surface area contributed by atoms with Crippen LogP contribution in [0.5, 0.6) is 0 Å². The zero-order valence-electron chi connectivity index (χ0n) is 7.87. The van der Waals surface area contributed by atoms with Gasteiger partial charge in [-0.3, -0.25) is 4.39 Å². The van der Waals surface area contributed by atoms with Crippen LogP contribution in [0, 0.1) is 0 Å².